The highest BCUT2D eigenvalue weighted by atomic mass is 19.1. The van der Waals surface area contributed by atoms with Gasteiger partial charge in [0.05, 0.1) is 17.5 Å². The molecule has 0 aromatic heterocycles. The molecule has 1 aliphatic rings. The summed E-state index contributed by atoms with van der Waals surface area (Å²) in [6, 6.07) is 15.3. The third kappa shape index (κ3) is 3.23. The van der Waals surface area contributed by atoms with E-state index in [1.165, 1.54) is 12.1 Å². The van der Waals surface area contributed by atoms with Crippen molar-refractivity contribution in [3.8, 4) is 0 Å². The van der Waals surface area contributed by atoms with Crippen molar-refractivity contribution in [2.75, 3.05) is 17.3 Å². The summed E-state index contributed by atoms with van der Waals surface area (Å²) in [5.74, 6) is -1.62. The minimum absolute atomic E-state index is 0.0927. The van der Waals surface area contributed by atoms with E-state index in [0.717, 1.165) is 5.69 Å². The molecule has 0 aliphatic heterocycles. The Kier molecular flexibility index (Phi) is 4.10. The summed E-state index contributed by atoms with van der Waals surface area (Å²) in [5.41, 5.74) is 0.935. The molecular formula is C18H17FN2O2. The second kappa shape index (κ2) is 6.20. The van der Waals surface area contributed by atoms with Crippen LogP contribution in [0.5, 0.6) is 0 Å². The van der Waals surface area contributed by atoms with Crippen molar-refractivity contribution in [2.45, 2.75) is 6.42 Å². The van der Waals surface area contributed by atoms with E-state index in [1.54, 1.807) is 24.1 Å². The first-order valence-corrected chi connectivity index (χ1v) is 7.46. The summed E-state index contributed by atoms with van der Waals surface area (Å²) < 4.78 is 13.5. The van der Waals surface area contributed by atoms with Crippen LogP contribution in [0.1, 0.15) is 6.42 Å². The van der Waals surface area contributed by atoms with Gasteiger partial charge in [0.15, 0.2) is 0 Å². The lowest BCUT2D eigenvalue weighted by molar-refractivity contribution is -0.123. The molecule has 0 radical (unpaired) electrons. The van der Waals surface area contributed by atoms with E-state index in [0.29, 0.717) is 6.42 Å². The second-order valence-electron chi connectivity index (χ2n) is 5.65. The average molecular weight is 312 g/mol. The SMILES string of the molecule is CN(C(=O)C1CC1C(=O)Nc1ccccc1F)c1ccccc1. The minimum Gasteiger partial charge on any atom is -0.323 e. The topological polar surface area (TPSA) is 49.4 Å². The lowest BCUT2D eigenvalue weighted by Crippen LogP contribution is -2.29. The highest BCUT2D eigenvalue weighted by Crippen LogP contribution is 2.41. The molecule has 2 aromatic rings. The van der Waals surface area contributed by atoms with Crippen LogP contribution < -0.4 is 10.2 Å². The average Bonchev–Trinajstić information content (AvgIpc) is 3.37. The van der Waals surface area contributed by atoms with Crippen molar-refractivity contribution >= 4 is 23.2 Å². The Hall–Kier alpha value is -2.69. The van der Waals surface area contributed by atoms with Crippen LogP contribution >= 0.6 is 0 Å². The molecular weight excluding hydrogens is 295 g/mol. The van der Waals surface area contributed by atoms with Crippen molar-refractivity contribution in [1.29, 1.82) is 0 Å². The van der Waals surface area contributed by atoms with E-state index < -0.39 is 11.7 Å². The number of hydrogen-bond acceptors (Lipinski definition) is 2. The van der Waals surface area contributed by atoms with E-state index in [4.69, 9.17) is 0 Å². The fraction of sp³-hybridized carbons (Fsp3) is 0.222. The van der Waals surface area contributed by atoms with Crippen molar-refractivity contribution in [3.63, 3.8) is 0 Å². The Balaban J connectivity index is 1.62. The van der Waals surface area contributed by atoms with Crippen LogP contribution in [-0.4, -0.2) is 18.9 Å². The van der Waals surface area contributed by atoms with Crippen LogP contribution in [0.2, 0.25) is 0 Å². The van der Waals surface area contributed by atoms with Gasteiger partial charge in [-0.2, -0.15) is 0 Å². The molecule has 2 atom stereocenters. The predicted octanol–water partition coefficient (Wildman–Crippen LogP) is 3.06. The van der Waals surface area contributed by atoms with Gasteiger partial charge in [-0.05, 0) is 30.7 Å². The van der Waals surface area contributed by atoms with Gasteiger partial charge in [0.2, 0.25) is 11.8 Å². The van der Waals surface area contributed by atoms with Crippen LogP contribution in [0.15, 0.2) is 54.6 Å². The minimum atomic E-state index is -0.481. The van der Waals surface area contributed by atoms with Gasteiger partial charge in [-0.3, -0.25) is 9.59 Å². The van der Waals surface area contributed by atoms with Crippen molar-refractivity contribution in [3.05, 3.63) is 60.4 Å². The number of benzene rings is 2. The Labute approximate surface area is 133 Å². The predicted molar refractivity (Wildman–Crippen MR) is 86.5 cm³/mol. The van der Waals surface area contributed by atoms with Gasteiger partial charge < -0.3 is 10.2 Å². The molecule has 2 unspecified atom stereocenters. The smallest absolute Gasteiger partial charge is 0.230 e. The lowest BCUT2D eigenvalue weighted by atomic mass is 10.2. The summed E-state index contributed by atoms with van der Waals surface area (Å²) in [5, 5.41) is 2.55. The molecule has 3 rings (SSSR count). The molecule has 1 saturated carbocycles. The summed E-state index contributed by atoms with van der Waals surface area (Å²) in [7, 11) is 1.70. The molecule has 1 fully saturated rings. The normalized spacial score (nSPS) is 19.0. The molecule has 0 spiro atoms. The molecule has 5 heteroatoms. The molecule has 23 heavy (non-hydrogen) atoms. The fourth-order valence-electron chi connectivity index (χ4n) is 2.57. The summed E-state index contributed by atoms with van der Waals surface area (Å²) in [6.45, 7) is 0. The molecule has 1 aliphatic carbocycles. The van der Waals surface area contributed by atoms with E-state index in [-0.39, 0.29) is 23.4 Å². The number of hydrogen-bond donors (Lipinski definition) is 1. The van der Waals surface area contributed by atoms with Crippen LogP contribution in [0.4, 0.5) is 15.8 Å². The van der Waals surface area contributed by atoms with Gasteiger partial charge in [-0.25, -0.2) is 4.39 Å². The summed E-state index contributed by atoms with van der Waals surface area (Å²) >= 11 is 0. The monoisotopic (exact) mass is 312 g/mol. The summed E-state index contributed by atoms with van der Waals surface area (Å²) in [6.07, 6.45) is 0.496. The van der Waals surface area contributed by atoms with Gasteiger partial charge in [-0.15, -0.1) is 0 Å². The third-order valence-corrected chi connectivity index (χ3v) is 4.05. The first-order valence-electron chi connectivity index (χ1n) is 7.46. The highest BCUT2D eigenvalue weighted by Gasteiger charge is 2.49. The van der Waals surface area contributed by atoms with E-state index in [2.05, 4.69) is 5.32 Å². The van der Waals surface area contributed by atoms with Crippen molar-refractivity contribution in [1.82, 2.24) is 0 Å². The Morgan fingerprint density at radius 2 is 1.70 bits per heavy atom. The van der Waals surface area contributed by atoms with Gasteiger partial charge in [0.1, 0.15) is 5.82 Å². The molecule has 4 nitrogen and oxygen atoms in total. The van der Waals surface area contributed by atoms with E-state index in [1.807, 2.05) is 30.3 Å². The maximum Gasteiger partial charge on any atom is 0.230 e. The number of para-hydroxylation sites is 2. The highest BCUT2D eigenvalue weighted by molar-refractivity contribution is 6.04. The molecule has 0 saturated heterocycles. The second-order valence-corrected chi connectivity index (χ2v) is 5.65. The number of halogens is 1. The zero-order valence-corrected chi connectivity index (χ0v) is 12.7. The molecule has 0 heterocycles. The van der Waals surface area contributed by atoms with Crippen molar-refractivity contribution < 1.29 is 14.0 Å². The first-order chi connectivity index (χ1) is 11.1. The van der Waals surface area contributed by atoms with Crippen LogP contribution in [0.25, 0.3) is 0 Å². The molecule has 0 bridgehead atoms. The quantitative estimate of drug-likeness (QED) is 0.943. The maximum atomic E-state index is 13.5. The zero-order valence-electron chi connectivity index (χ0n) is 12.7. The van der Waals surface area contributed by atoms with Gasteiger partial charge in [0, 0.05) is 12.7 Å². The van der Waals surface area contributed by atoms with Gasteiger partial charge in [0.25, 0.3) is 0 Å². The zero-order chi connectivity index (χ0) is 16.4. The van der Waals surface area contributed by atoms with Crippen molar-refractivity contribution in [2.24, 2.45) is 11.8 Å². The lowest BCUT2D eigenvalue weighted by Gasteiger charge is -2.17. The van der Waals surface area contributed by atoms with Crippen LogP contribution in [-0.2, 0) is 9.59 Å². The number of carbonyl (C=O) groups is 2. The number of amides is 2. The maximum absolute atomic E-state index is 13.5. The summed E-state index contributed by atoms with van der Waals surface area (Å²) in [4.78, 5) is 26.1. The first kappa shape index (κ1) is 15.2. The number of nitrogens with zero attached hydrogens (tertiary/aromatic N) is 1. The fourth-order valence-corrected chi connectivity index (χ4v) is 2.57. The Morgan fingerprint density at radius 1 is 1.04 bits per heavy atom. The largest absolute Gasteiger partial charge is 0.323 e. The molecule has 118 valence electrons. The standard InChI is InChI=1S/C18H17FN2O2/c1-21(12-7-3-2-4-8-12)18(23)14-11-13(14)17(22)20-16-10-6-5-9-15(16)19/h2-10,13-14H,11H2,1H3,(H,20,22). The number of nitrogens with one attached hydrogen (secondary N) is 1. The Bertz CT molecular complexity index is 733. The number of anilines is 2. The van der Waals surface area contributed by atoms with Crippen LogP contribution in [0.3, 0.4) is 0 Å². The van der Waals surface area contributed by atoms with Crippen LogP contribution in [0, 0.1) is 17.7 Å². The number of carbonyl (C=O) groups excluding carboxylic acids is 2. The molecule has 1 N–H and O–H groups in total. The number of rotatable bonds is 4. The van der Waals surface area contributed by atoms with Gasteiger partial charge >= 0.3 is 0 Å². The molecule has 2 amide bonds. The van der Waals surface area contributed by atoms with Gasteiger partial charge in [-0.1, -0.05) is 30.3 Å². The van der Waals surface area contributed by atoms with E-state index in [9.17, 15) is 14.0 Å². The third-order valence-electron chi connectivity index (χ3n) is 4.05. The Morgan fingerprint density at radius 3 is 2.39 bits per heavy atom. The van der Waals surface area contributed by atoms with E-state index >= 15 is 0 Å². The molecule has 2 aromatic carbocycles.